The fraction of sp³-hybridized carbons (Fsp3) is 0.125. The zero-order valence-electron chi connectivity index (χ0n) is 6.23. The van der Waals surface area contributed by atoms with Gasteiger partial charge in [0, 0.05) is 6.20 Å². The number of nitriles is 1. The highest BCUT2D eigenvalue weighted by Gasteiger charge is 2.05. The van der Waals surface area contributed by atoms with E-state index in [0.29, 0.717) is 5.69 Å². The van der Waals surface area contributed by atoms with Crippen LogP contribution in [0.1, 0.15) is 10.5 Å². The number of carbonyl (C=O) groups is 1. The number of aromatic nitrogens is 1. The van der Waals surface area contributed by atoms with Crippen LogP contribution in [-0.4, -0.2) is 16.5 Å². The Hall–Kier alpha value is -1.34. The SMILES string of the molecule is N#CSCC(=O)c1ccccn1. The summed E-state index contributed by atoms with van der Waals surface area (Å²) in [5.41, 5.74) is 0.417. The van der Waals surface area contributed by atoms with Crippen LogP contribution in [0.15, 0.2) is 24.4 Å². The lowest BCUT2D eigenvalue weighted by atomic mass is 10.3. The first-order valence-electron chi connectivity index (χ1n) is 3.29. The Morgan fingerprint density at radius 1 is 1.67 bits per heavy atom. The molecule has 3 nitrogen and oxygen atoms in total. The summed E-state index contributed by atoms with van der Waals surface area (Å²) in [6, 6.07) is 5.13. The van der Waals surface area contributed by atoms with Gasteiger partial charge in [-0.3, -0.25) is 9.78 Å². The molecule has 4 heteroatoms. The first-order chi connectivity index (χ1) is 5.84. The van der Waals surface area contributed by atoms with Gasteiger partial charge >= 0.3 is 0 Å². The number of carbonyl (C=O) groups excluding carboxylic acids is 1. The molecule has 0 bridgehead atoms. The molecule has 0 aromatic carbocycles. The maximum absolute atomic E-state index is 11.2. The van der Waals surface area contributed by atoms with Gasteiger partial charge < -0.3 is 0 Å². The van der Waals surface area contributed by atoms with Gasteiger partial charge in [0.05, 0.1) is 5.75 Å². The van der Waals surface area contributed by atoms with Crippen LogP contribution in [0.25, 0.3) is 0 Å². The Balaban J connectivity index is 2.61. The van der Waals surface area contributed by atoms with Crippen LogP contribution >= 0.6 is 11.8 Å². The highest BCUT2D eigenvalue weighted by atomic mass is 32.2. The van der Waals surface area contributed by atoms with E-state index in [4.69, 9.17) is 5.26 Å². The third kappa shape index (κ3) is 2.36. The summed E-state index contributed by atoms with van der Waals surface area (Å²) in [6.45, 7) is 0. The molecule has 0 radical (unpaired) electrons. The van der Waals surface area contributed by atoms with Gasteiger partial charge in [0.1, 0.15) is 11.1 Å². The van der Waals surface area contributed by atoms with Crippen molar-refractivity contribution >= 4 is 17.5 Å². The fourth-order valence-corrected chi connectivity index (χ4v) is 1.04. The molecule has 12 heavy (non-hydrogen) atoms. The molecule has 0 unspecified atom stereocenters. The molecule has 1 rings (SSSR count). The summed E-state index contributed by atoms with van der Waals surface area (Å²) in [5.74, 6) is 0.0650. The number of Topliss-reactive ketones (excluding diaryl/α,β-unsaturated/α-hetero) is 1. The van der Waals surface area contributed by atoms with Crippen molar-refractivity contribution in [2.24, 2.45) is 0 Å². The Kier molecular flexibility index (Phi) is 3.30. The molecule has 0 atom stereocenters. The van der Waals surface area contributed by atoms with E-state index in [2.05, 4.69) is 4.98 Å². The van der Waals surface area contributed by atoms with E-state index in [0.717, 1.165) is 11.8 Å². The quantitative estimate of drug-likeness (QED) is 0.519. The van der Waals surface area contributed by atoms with Gasteiger partial charge in [-0.05, 0) is 23.9 Å². The number of ketones is 1. The van der Waals surface area contributed by atoms with Crippen molar-refractivity contribution < 1.29 is 4.79 Å². The molecule has 1 aromatic rings. The Labute approximate surface area is 74.4 Å². The van der Waals surface area contributed by atoms with Crippen LogP contribution in [0.5, 0.6) is 0 Å². The molecule has 0 N–H and O–H groups in total. The van der Waals surface area contributed by atoms with E-state index in [1.165, 1.54) is 0 Å². The van der Waals surface area contributed by atoms with Gasteiger partial charge in [-0.15, -0.1) is 0 Å². The van der Waals surface area contributed by atoms with Gasteiger partial charge in [-0.2, -0.15) is 5.26 Å². The zero-order valence-corrected chi connectivity index (χ0v) is 7.04. The van der Waals surface area contributed by atoms with E-state index in [-0.39, 0.29) is 11.5 Å². The molecular formula is C8H6N2OS. The molecule has 0 aliphatic carbocycles. The second kappa shape index (κ2) is 4.52. The summed E-state index contributed by atoms with van der Waals surface area (Å²) in [4.78, 5) is 15.0. The summed E-state index contributed by atoms with van der Waals surface area (Å²) >= 11 is 0.927. The largest absolute Gasteiger partial charge is 0.291 e. The van der Waals surface area contributed by atoms with Crippen LogP contribution in [0, 0.1) is 10.7 Å². The van der Waals surface area contributed by atoms with Gasteiger partial charge in [-0.25, -0.2) is 0 Å². The first kappa shape index (κ1) is 8.75. The summed E-state index contributed by atoms with van der Waals surface area (Å²) in [5, 5.41) is 10.0. The maximum atomic E-state index is 11.2. The molecule has 0 spiro atoms. The average molecular weight is 178 g/mol. The molecule has 0 aliphatic rings. The van der Waals surface area contributed by atoms with E-state index in [9.17, 15) is 4.79 Å². The molecule has 0 amide bonds. The standard InChI is InChI=1S/C8H6N2OS/c9-6-12-5-8(11)7-3-1-2-4-10-7/h1-4H,5H2. The summed E-state index contributed by atoms with van der Waals surface area (Å²) < 4.78 is 0. The Morgan fingerprint density at radius 3 is 3.08 bits per heavy atom. The van der Waals surface area contributed by atoms with Crippen molar-refractivity contribution in [3.63, 3.8) is 0 Å². The minimum absolute atomic E-state index is 0.109. The molecule has 0 saturated carbocycles. The van der Waals surface area contributed by atoms with Gasteiger partial charge in [-0.1, -0.05) is 6.07 Å². The van der Waals surface area contributed by atoms with Crippen molar-refractivity contribution in [2.75, 3.05) is 5.75 Å². The van der Waals surface area contributed by atoms with Crippen LogP contribution < -0.4 is 0 Å². The average Bonchev–Trinajstić information content (AvgIpc) is 2.15. The van der Waals surface area contributed by atoms with Gasteiger partial charge in [0.25, 0.3) is 0 Å². The molecule has 60 valence electrons. The fourth-order valence-electron chi connectivity index (χ4n) is 0.699. The number of thiocyanates is 1. The number of pyridine rings is 1. The molecule has 1 heterocycles. The molecule has 0 fully saturated rings. The van der Waals surface area contributed by atoms with Crippen molar-refractivity contribution in [1.29, 1.82) is 5.26 Å². The van der Waals surface area contributed by atoms with Gasteiger partial charge in [0.2, 0.25) is 0 Å². The van der Waals surface area contributed by atoms with E-state index >= 15 is 0 Å². The number of thioether (sulfide) groups is 1. The van der Waals surface area contributed by atoms with Crippen LogP contribution in [0.3, 0.4) is 0 Å². The second-order valence-corrected chi connectivity index (χ2v) is 2.78. The highest BCUT2D eigenvalue weighted by molar-refractivity contribution is 8.04. The monoisotopic (exact) mass is 178 g/mol. The molecule has 0 saturated heterocycles. The third-order valence-electron chi connectivity index (χ3n) is 1.22. The lowest BCUT2D eigenvalue weighted by molar-refractivity contribution is 0.101. The van der Waals surface area contributed by atoms with E-state index in [1.54, 1.807) is 24.4 Å². The summed E-state index contributed by atoms with van der Waals surface area (Å²) in [6.07, 6.45) is 1.56. The Morgan fingerprint density at radius 2 is 2.50 bits per heavy atom. The van der Waals surface area contributed by atoms with Crippen molar-refractivity contribution in [2.45, 2.75) is 0 Å². The minimum atomic E-state index is -0.109. The second-order valence-electron chi connectivity index (χ2n) is 2.02. The van der Waals surface area contributed by atoms with E-state index < -0.39 is 0 Å². The molecular weight excluding hydrogens is 172 g/mol. The number of hydrogen-bond donors (Lipinski definition) is 0. The van der Waals surface area contributed by atoms with Crippen molar-refractivity contribution in [3.05, 3.63) is 30.1 Å². The molecule has 1 aromatic heterocycles. The van der Waals surface area contributed by atoms with Crippen molar-refractivity contribution in [3.8, 4) is 5.40 Å². The first-order valence-corrected chi connectivity index (χ1v) is 4.28. The minimum Gasteiger partial charge on any atom is -0.291 e. The number of nitrogens with zero attached hydrogens (tertiary/aromatic N) is 2. The normalized spacial score (nSPS) is 8.92. The van der Waals surface area contributed by atoms with E-state index in [1.807, 2.05) is 5.40 Å². The maximum Gasteiger partial charge on any atom is 0.192 e. The van der Waals surface area contributed by atoms with Crippen LogP contribution in [0.4, 0.5) is 0 Å². The van der Waals surface area contributed by atoms with Crippen LogP contribution in [-0.2, 0) is 0 Å². The lowest BCUT2D eigenvalue weighted by Crippen LogP contribution is -2.03. The highest BCUT2D eigenvalue weighted by Crippen LogP contribution is 2.02. The number of rotatable bonds is 3. The van der Waals surface area contributed by atoms with Crippen LogP contribution in [0.2, 0.25) is 0 Å². The Bertz CT molecular complexity index is 305. The number of hydrogen-bond acceptors (Lipinski definition) is 4. The smallest absolute Gasteiger partial charge is 0.192 e. The predicted octanol–water partition coefficient (Wildman–Crippen LogP) is 1.48. The van der Waals surface area contributed by atoms with Gasteiger partial charge in [0.15, 0.2) is 5.78 Å². The topological polar surface area (TPSA) is 53.8 Å². The predicted molar refractivity (Wildman–Crippen MR) is 46.6 cm³/mol. The van der Waals surface area contributed by atoms with Crippen molar-refractivity contribution in [1.82, 2.24) is 4.98 Å². The third-order valence-corrected chi connectivity index (χ3v) is 1.75. The zero-order chi connectivity index (χ0) is 8.81. The lowest BCUT2D eigenvalue weighted by Gasteiger charge is -1.93. The summed E-state index contributed by atoms with van der Waals surface area (Å²) in [7, 11) is 0. The molecule has 0 aliphatic heterocycles.